The minimum atomic E-state index is 0. The first kappa shape index (κ1) is 17.4. The van der Waals surface area contributed by atoms with Gasteiger partial charge in [0.2, 0.25) is 5.91 Å². The van der Waals surface area contributed by atoms with Crippen molar-refractivity contribution >= 4 is 18.3 Å². The molecule has 3 rings (SSSR count). The first-order chi connectivity index (χ1) is 10.6. The number of halogens is 1. The number of nitrogens with zero attached hydrogens (tertiary/aromatic N) is 4. The molecule has 23 heavy (non-hydrogen) atoms. The fourth-order valence-electron chi connectivity index (χ4n) is 2.74. The summed E-state index contributed by atoms with van der Waals surface area (Å²) >= 11 is 0. The summed E-state index contributed by atoms with van der Waals surface area (Å²) in [4.78, 5) is 14.3. The van der Waals surface area contributed by atoms with Crippen molar-refractivity contribution in [3.63, 3.8) is 0 Å². The van der Waals surface area contributed by atoms with E-state index in [2.05, 4.69) is 10.3 Å². The Morgan fingerprint density at radius 1 is 1.26 bits per heavy atom. The first-order valence-electron chi connectivity index (χ1n) is 7.65. The highest BCUT2D eigenvalue weighted by Gasteiger charge is 2.22. The molecule has 1 aromatic heterocycles. The maximum Gasteiger partial charge on any atom is 0.228 e. The highest BCUT2D eigenvalue weighted by Crippen LogP contribution is 2.14. The van der Waals surface area contributed by atoms with Gasteiger partial charge in [0.15, 0.2) is 0 Å². The van der Waals surface area contributed by atoms with E-state index in [9.17, 15) is 4.79 Å². The summed E-state index contributed by atoms with van der Waals surface area (Å²) in [5.41, 5.74) is 8.48. The molecule has 0 saturated carbocycles. The summed E-state index contributed by atoms with van der Waals surface area (Å²) in [5.74, 6) is 0.107. The quantitative estimate of drug-likeness (QED) is 0.922. The Morgan fingerprint density at radius 2 is 1.91 bits per heavy atom. The van der Waals surface area contributed by atoms with E-state index in [1.54, 1.807) is 4.68 Å². The second kappa shape index (κ2) is 7.57. The minimum Gasteiger partial charge on any atom is -0.342 e. The molecule has 0 spiro atoms. The third-order valence-corrected chi connectivity index (χ3v) is 4.20. The van der Waals surface area contributed by atoms with Crippen molar-refractivity contribution in [2.24, 2.45) is 5.73 Å². The van der Waals surface area contributed by atoms with Gasteiger partial charge in [-0.2, -0.15) is 0 Å². The van der Waals surface area contributed by atoms with E-state index in [0.717, 1.165) is 43.0 Å². The fourth-order valence-corrected chi connectivity index (χ4v) is 2.74. The maximum atomic E-state index is 12.4. The zero-order valence-electron chi connectivity index (χ0n) is 13.2. The standard InChI is InChI=1S/C16H21N5O.ClH/c1-12-15(11-16(22)20-9-7-13(17)8-10-20)18-19-21(12)14-5-3-2-4-6-14;/h2-6,13H,7-11,17H2,1H3;1H. The fraction of sp³-hybridized carbons (Fsp3) is 0.438. The van der Waals surface area contributed by atoms with Gasteiger partial charge in [-0.25, -0.2) is 4.68 Å². The van der Waals surface area contributed by atoms with Crippen molar-refractivity contribution in [1.29, 1.82) is 0 Å². The Morgan fingerprint density at radius 3 is 2.57 bits per heavy atom. The van der Waals surface area contributed by atoms with E-state index in [1.165, 1.54) is 0 Å². The van der Waals surface area contributed by atoms with E-state index in [-0.39, 0.29) is 24.4 Å². The van der Waals surface area contributed by atoms with E-state index in [4.69, 9.17) is 5.73 Å². The van der Waals surface area contributed by atoms with Crippen LogP contribution in [-0.4, -0.2) is 44.9 Å². The number of amides is 1. The molecule has 2 heterocycles. The van der Waals surface area contributed by atoms with Crippen LogP contribution in [0.5, 0.6) is 0 Å². The van der Waals surface area contributed by atoms with E-state index >= 15 is 0 Å². The number of carbonyl (C=O) groups excluding carboxylic acids is 1. The van der Waals surface area contributed by atoms with Gasteiger partial charge < -0.3 is 10.6 Å². The number of hydrogen-bond donors (Lipinski definition) is 1. The minimum absolute atomic E-state index is 0. The lowest BCUT2D eigenvalue weighted by Crippen LogP contribution is -2.43. The van der Waals surface area contributed by atoms with E-state index < -0.39 is 0 Å². The van der Waals surface area contributed by atoms with E-state index in [1.807, 2.05) is 42.2 Å². The van der Waals surface area contributed by atoms with Crippen molar-refractivity contribution in [3.8, 4) is 5.69 Å². The molecule has 1 aliphatic rings. The molecule has 1 amide bonds. The number of piperidine rings is 1. The Labute approximate surface area is 142 Å². The molecule has 1 aromatic carbocycles. The summed E-state index contributed by atoms with van der Waals surface area (Å²) < 4.78 is 1.77. The number of benzene rings is 1. The molecular weight excluding hydrogens is 314 g/mol. The van der Waals surface area contributed by atoms with Gasteiger partial charge in [-0.05, 0) is 31.9 Å². The average molecular weight is 336 g/mol. The van der Waals surface area contributed by atoms with Gasteiger partial charge in [0.1, 0.15) is 0 Å². The zero-order chi connectivity index (χ0) is 15.5. The molecule has 0 bridgehead atoms. The topological polar surface area (TPSA) is 77.0 Å². The van der Waals surface area contributed by atoms with Crippen molar-refractivity contribution in [1.82, 2.24) is 19.9 Å². The molecule has 2 aromatic rings. The summed E-state index contributed by atoms with van der Waals surface area (Å²) in [6.45, 7) is 3.43. The number of aromatic nitrogens is 3. The van der Waals surface area contributed by atoms with Gasteiger partial charge in [-0.3, -0.25) is 4.79 Å². The molecule has 0 radical (unpaired) electrons. The Balaban J connectivity index is 0.00000192. The lowest BCUT2D eigenvalue weighted by molar-refractivity contribution is -0.131. The highest BCUT2D eigenvalue weighted by atomic mass is 35.5. The molecule has 1 fully saturated rings. The molecule has 0 unspecified atom stereocenters. The van der Waals surface area contributed by atoms with Crippen molar-refractivity contribution in [2.45, 2.75) is 32.2 Å². The zero-order valence-corrected chi connectivity index (χ0v) is 14.0. The largest absolute Gasteiger partial charge is 0.342 e. The Bertz CT molecular complexity index is 650. The normalized spacial score (nSPS) is 15.3. The summed E-state index contributed by atoms with van der Waals surface area (Å²) in [7, 11) is 0. The third-order valence-electron chi connectivity index (χ3n) is 4.20. The van der Waals surface area contributed by atoms with Crippen LogP contribution < -0.4 is 5.73 Å². The molecular formula is C16H22ClN5O. The molecule has 6 nitrogen and oxygen atoms in total. The van der Waals surface area contributed by atoms with Gasteiger partial charge >= 0.3 is 0 Å². The van der Waals surface area contributed by atoms with Gasteiger partial charge in [-0.15, -0.1) is 17.5 Å². The van der Waals surface area contributed by atoms with Gasteiger partial charge in [0.25, 0.3) is 0 Å². The van der Waals surface area contributed by atoms with Crippen LogP contribution in [0.4, 0.5) is 0 Å². The van der Waals surface area contributed by atoms with Crippen LogP contribution in [0.2, 0.25) is 0 Å². The lowest BCUT2D eigenvalue weighted by Gasteiger charge is -2.30. The first-order valence-corrected chi connectivity index (χ1v) is 7.65. The summed E-state index contributed by atoms with van der Waals surface area (Å²) in [6.07, 6.45) is 2.05. The van der Waals surface area contributed by atoms with Crippen LogP contribution in [0.15, 0.2) is 30.3 Å². The number of rotatable bonds is 3. The molecule has 7 heteroatoms. The van der Waals surface area contributed by atoms with E-state index in [0.29, 0.717) is 6.42 Å². The van der Waals surface area contributed by atoms with Crippen molar-refractivity contribution < 1.29 is 4.79 Å². The molecule has 1 saturated heterocycles. The predicted octanol–water partition coefficient (Wildman–Crippen LogP) is 1.49. The SMILES string of the molecule is Cc1c(CC(=O)N2CCC(N)CC2)nnn1-c1ccccc1.Cl. The van der Waals surface area contributed by atoms with Crippen LogP contribution in [-0.2, 0) is 11.2 Å². The number of hydrogen-bond acceptors (Lipinski definition) is 4. The maximum absolute atomic E-state index is 12.4. The number of nitrogens with two attached hydrogens (primary N) is 1. The molecule has 2 N–H and O–H groups in total. The monoisotopic (exact) mass is 335 g/mol. The average Bonchev–Trinajstić information content (AvgIpc) is 2.90. The Hall–Kier alpha value is -1.92. The highest BCUT2D eigenvalue weighted by molar-refractivity contribution is 5.85. The number of carbonyl (C=O) groups is 1. The molecule has 0 atom stereocenters. The van der Waals surface area contributed by atoms with Crippen LogP contribution in [0.1, 0.15) is 24.2 Å². The lowest BCUT2D eigenvalue weighted by atomic mass is 10.1. The molecule has 1 aliphatic heterocycles. The van der Waals surface area contributed by atoms with Crippen molar-refractivity contribution in [2.75, 3.05) is 13.1 Å². The molecule has 124 valence electrons. The van der Waals surface area contributed by atoms with Crippen LogP contribution in [0.3, 0.4) is 0 Å². The second-order valence-corrected chi connectivity index (χ2v) is 5.76. The van der Waals surface area contributed by atoms with Crippen molar-refractivity contribution in [3.05, 3.63) is 41.7 Å². The third kappa shape index (κ3) is 3.89. The second-order valence-electron chi connectivity index (χ2n) is 5.76. The van der Waals surface area contributed by atoms with Gasteiger partial charge in [0, 0.05) is 19.1 Å². The summed E-state index contributed by atoms with van der Waals surface area (Å²) in [5, 5.41) is 8.35. The predicted molar refractivity (Wildman–Crippen MR) is 90.8 cm³/mol. The number of para-hydroxylation sites is 1. The molecule has 0 aliphatic carbocycles. The van der Waals surface area contributed by atoms with Crippen LogP contribution >= 0.6 is 12.4 Å². The van der Waals surface area contributed by atoms with Crippen LogP contribution in [0.25, 0.3) is 5.69 Å². The van der Waals surface area contributed by atoms with Gasteiger partial charge in [-0.1, -0.05) is 23.4 Å². The van der Waals surface area contributed by atoms with Gasteiger partial charge in [0.05, 0.1) is 23.5 Å². The summed E-state index contributed by atoms with van der Waals surface area (Å²) in [6, 6.07) is 10.0. The van der Waals surface area contributed by atoms with Crippen LogP contribution in [0, 0.1) is 6.92 Å². The smallest absolute Gasteiger partial charge is 0.228 e. The Kier molecular flexibility index (Phi) is 5.74. The number of likely N-dealkylation sites (tertiary alicyclic amines) is 1.